The molecule has 1 amide bonds. The van der Waals surface area contributed by atoms with Gasteiger partial charge in [0.2, 0.25) is 5.91 Å². The molecule has 1 aromatic rings. The lowest BCUT2D eigenvalue weighted by Crippen LogP contribution is -2.57. The van der Waals surface area contributed by atoms with Crippen LogP contribution in [0.3, 0.4) is 0 Å². The molecule has 0 atom stereocenters. The van der Waals surface area contributed by atoms with E-state index in [1.165, 1.54) is 6.42 Å². The zero-order valence-corrected chi connectivity index (χ0v) is 14.9. The predicted molar refractivity (Wildman–Crippen MR) is 97.3 cm³/mol. The van der Waals surface area contributed by atoms with Gasteiger partial charge in [0.1, 0.15) is 0 Å². The van der Waals surface area contributed by atoms with Crippen LogP contribution in [-0.2, 0) is 4.79 Å². The van der Waals surface area contributed by atoms with Gasteiger partial charge in [-0.1, -0.05) is 49.6 Å². The molecular weight excluding hydrogens is 324 g/mol. The molecule has 1 aliphatic carbocycles. The van der Waals surface area contributed by atoms with Crippen LogP contribution in [0.25, 0.3) is 0 Å². The fraction of sp³-hybridized carbons (Fsp3) is 0.579. The van der Waals surface area contributed by atoms with Gasteiger partial charge in [0.15, 0.2) is 5.78 Å². The molecule has 0 spiro atoms. The van der Waals surface area contributed by atoms with Crippen LogP contribution >= 0.6 is 12.4 Å². The molecular formula is C19H27ClN2O2. The number of benzene rings is 1. The normalized spacial score (nSPS) is 21.0. The van der Waals surface area contributed by atoms with E-state index in [4.69, 9.17) is 5.73 Å². The molecule has 24 heavy (non-hydrogen) atoms. The van der Waals surface area contributed by atoms with Crippen LogP contribution in [0.1, 0.15) is 55.3 Å². The quantitative estimate of drug-likeness (QED) is 0.851. The fourth-order valence-electron chi connectivity index (χ4n) is 3.89. The third kappa shape index (κ3) is 3.98. The summed E-state index contributed by atoms with van der Waals surface area (Å²) in [5.41, 5.74) is 6.48. The Morgan fingerprint density at radius 1 is 1.00 bits per heavy atom. The third-order valence-electron chi connectivity index (χ3n) is 5.38. The first-order valence-electron chi connectivity index (χ1n) is 8.78. The van der Waals surface area contributed by atoms with Gasteiger partial charge in [-0.25, -0.2) is 0 Å². The average Bonchev–Trinajstić information content (AvgIpc) is 2.62. The number of ketones is 1. The number of nitrogens with zero attached hydrogens (tertiary/aromatic N) is 1. The molecule has 0 aromatic heterocycles. The van der Waals surface area contributed by atoms with E-state index in [1.54, 1.807) is 0 Å². The number of Topliss-reactive ketones (excluding diaryl/α,β-unsaturated/α-hetero) is 1. The smallest absolute Gasteiger partial charge is 0.242 e. The molecule has 132 valence electrons. The molecule has 2 fully saturated rings. The van der Waals surface area contributed by atoms with Crippen molar-refractivity contribution in [1.82, 2.24) is 4.90 Å². The highest BCUT2D eigenvalue weighted by Crippen LogP contribution is 2.30. The molecule has 1 aromatic carbocycles. The van der Waals surface area contributed by atoms with E-state index in [1.807, 2.05) is 35.2 Å². The van der Waals surface area contributed by atoms with Crippen LogP contribution in [0.15, 0.2) is 30.3 Å². The van der Waals surface area contributed by atoms with Crippen molar-refractivity contribution < 1.29 is 9.59 Å². The summed E-state index contributed by atoms with van der Waals surface area (Å²) < 4.78 is 0. The van der Waals surface area contributed by atoms with Gasteiger partial charge in [-0.3, -0.25) is 9.59 Å². The molecule has 2 aliphatic rings. The summed E-state index contributed by atoms with van der Waals surface area (Å²) in [4.78, 5) is 27.1. The van der Waals surface area contributed by atoms with Crippen LogP contribution in [0.4, 0.5) is 0 Å². The number of amides is 1. The van der Waals surface area contributed by atoms with E-state index in [2.05, 4.69) is 0 Å². The number of likely N-dealkylation sites (tertiary alicyclic amines) is 1. The number of hydrogen-bond acceptors (Lipinski definition) is 3. The summed E-state index contributed by atoms with van der Waals surface area (Å²) in [7, 11) is 0. The number of carbonyl (C=O) groups excluding carboxylic acids is 2. The zero-order valence-electron chi connectivity index (χ0n) is 14.1. The van der Waals surface area contributed by atoms with Gasteiger partial charge in [-0.05, 0) is 25.7 Å². The molecule has 0 radical (unpaired) electrons. The van der Waals surface area contributed by atoms with Gasteiger partial charge < -0.3 is 10.6 Å². The summed E-state index contributed by atoms with van der Waals surface area (Å²) in [5, 5.41) is 0. The van der Waals surface area contributed by atoms with Gasteiger partial charge in [-0.2, -0.15) is 0 Å². The van der Waals surface area contributed by atoms with Crippen molar-refractivity contribution >= 4 is 24.1 Å². The number of piperidine rings is 1. The maximum Gasteiger partial charge on any atom is 0.242 e. The highest BCUT2D eigenvalue weighted by atomic mass is 35.5. The largest absolute Gasteiger partial charge is 0.341 e. The molecule has 0 bridgehead atoms. The molecule has 1 heterocycles. The van der Waals surface area contributed by atoms with Crippen molar-refractivity contribution in [3.05, 3.63) is 35.9 Å². The Balaban J connectivity index is 0.00000208. The zero-order chi connectivity index (χ0) is 16.3. The molecule has 1 aliphatic heterocycles. The number of rotatable bonds is 3. The highest BCUT2D eigenvalue weighted by molar-refractivity contribution is 5.98. The van der Waals surface area contributed by atoms with Gasteiger partial charge in [0.05, 0.1) is 5.54 Å². The van der Waals surface area contributed by atoms with Gasteiger partial charge in [0, 0.05) is 24.6 Å². The van der Waals surface area contributed by atoms with E-state index in [0.29, 0.717) is 13.1 Å². The summed E-state index contributed by atoms with van der Waals surface area (Å²) in [6.07, 6.45) is 6.37. The van der Waals surface area contributed by atoms with Crippen LogP contribution in [0.5, 0.6) is 0 Å². The van der Waals surface area contributed by atoms with Crippen LogP contribution in [0.2, 0.25) is 0 Å². The van der Waals surface area contributed by atoms with Gasteiger partial charge >= 0.3 is 0 Å². The standard InChI is InChI=1S/C19H26N2O2.ClH/c20-19(11-5-2-6-12-19)18(23)21-13-9-16(10-14-21)17(22)15-7-3-1-4-8-15;/h1,3-4,7-8,16H,2,5-6,9-14,20H2;1H. The molecule has 2 N–H and O–H groups in total. The second-order valence-corrected chi connectivity index (χ2v) is 7.01. The Morgan fingerprint density at radius 2 is 1.58 bits per heavy atom. The maximum atomic E-state index is 12.7. The van der Waals surface area contributed by atoms with E-state index < -0.39 is 5.54 Å². The number of carbonyl (C=O) groups is 2. The Hall–Kier alpha value is -1.39. The number of halogens is 1. The second kappa shape index (κ2) is 8.13. The predicted octanol–water partition coefficient (Wildman–Crippen LogP) is 3.19. The Kier molecular flexibility index (Phi) is 6.41. The second-order valence-electron chi connectivity index (χ2n) is 7.01. The van der Waals surface area contributed by atoms with Crippen molar-refractivity contribution in [2.75, 3.05) is 13.1 Å². The van der Waals surface area contributed by atoms with E-state index >= 15 is 0 Å². The summed E-state index contributed by atoms with van der Waals surface area (Å²) in [6.45, 7) is 1.31. The number of hydrogen-bond donors (Lipinski definition) is 1. The minimum Gasteiger partial charge on any atom is -0.341 e. The van der Waals surface area contributed by atoms with Crippen LogP contribution in [-0.4, -0.2) is 35.2 Å². The van der Waals surface area contributed by atoms with Crippen LogP contribution in [0, 0.1) is 5.92 Å². The van der Waals surface area contributed by atoms with E-state index in [-0.39, 0.29) is 30.0 Å². The lowest BCUT2D eigenvalue weighted by Gasteiger charge is -2.39. The van der Waals surface area contributed by atoms with Crippen LogP contribution < -0.4 is 5.73 Å². The molecule has 4 nitrogen and oxygen atoms in total. The molecule has 0 unspecified atom stereocenters. The van der Waals surface area contributed by atoms with E-state index in [9.17, 15) is 9.59 Å². The summed E-state index contributed by atoms with van der Waals surface area (Å²) in [6, 6.07) is 9.46. The van der Waals surface area contributed by atoms with Crippen molar-refractivity contribution in [3.63, 3.8) is 0 Å². The minimum atomic E-state index is -0.658. The lowest BCUT2D eigenvalue weighted by molar-refractivity contribution is -0.139. The monoisotopic (exact) mass is 350 g/mol. The first-order valence-corrected chi connectivity index (χ1v) is 8.78. The average molecular weight is 351 g/mol. The molecule has 3 rings (SSSR count). The topological polar surface area (TPSA) is 63.4 Å². The third-order valence-corrected chi connectivity index (χ3v) is 5.38. The summed E-state index contributed by atoms with van der Waals surface area (Å²) >= 11 is 0. The van der Waals surface area contributed by atoms with Crippen molar-refractivity contribution in [2.45, 2.75) is 50.5 Å². The number of nitrogens with two attached hydrogens (primary N) is 1. The van der Waals surface area contributed by atoms with Crippen molar-refractivity contribution in [2.24, 2.45) is 11.7 Å². The Labute approximate surface area is 150 Å². The minimum absolute atomic E-state index is 0. The first kappa shape index (κ1) is 18.9. The Morgan fingerprint density at radius 3 is 2.17 bits per heavy atom. The van der Waals surface area contributed by atoms with Gasteiger partial charge in [-0.15, -0.1) is 12.4 Å². The maximum absolute atomic E-state index is 12.7. The first-order chi connectivity index (χ1) is 11.1. The lowest BCUT2D eigenvalue weighted by atomic mass is 9.80. The van der Waals surface area contributed by atoms with E-state index in [0.717, 1.165) is 44.1 Å². The van der Waals surface area contributed by atoms with Crippen molar-refractivity contribution in [3.8, 4) is 0 Å². The van der Waals surface area contributed by atoms with Gasteiger partial charge in [0.25, 0.3) is 0 Å². The fourth-order valence-corrected chi connectivity index (χ4v) is 3.89. The Bertz CT molecular complexity index is 562. The molecule has 1 saturated carbocycles. The molecule has 5 heteroatoms. The highest BCUT2D eigenvalue weighted by Gasteiger charge is 2.39. The molecule has 1 saturated heterocycles. The SMILES string of the molecule is Cl.NC1(C(=O)N2CCC(C(=O)c3ccccc3)CC2)CCCCC1. The van der Waals surface area contributed by atoms with Crippen molar-refractivity contribution in [1.29, 1.82) is 0 Å². The summed E-state index contributed by atoms with van der Waals surface area (Å²) in [5.74, 6) is 0.335.